The zero-order valence-electron chi connectivity index (χ0n) is 11.6. The van der Waals surface area contributed by atoms with E-state index in [9.17, 15) is 0 Å². The van der Waals surface area contributed by atoms with Gasteiger partial charge in [-0.1, -0.05) is 0 Å². The van der Waals surface area contributed by atoms with E-state index in [1.807, 2.05) is 25.6 Å². The standard InChI is InChI=1S/C13H15N7/c1-8-11(9(2)19(3)17-8)12-10(14)7-20(18-12)13-15-5-4-6-16-13/h4-7H,14H2,1-3H3. The molecule has 20 heavy (non-hydrogen) atoms. The van der Waals surface area contributed by atoms with Crippen molar-refractivity contribution in [2.75, 3.05) is 5.73 Å². The third-order valence-electron chi connectivity index (χ3n) is 3.25. The maximum absolute atomic E-state index is 6.08. The minimum atomic E-state index is 0.490. The van der Waals surface area contributed by atoms with Crippen LogP contribution in [-0.4, -0.2) is 29.5 Å². The molecule has 3 heterocycles. The van der Waals surface area contributed by atoms with Crippen molar-refractivity contribution in [2.24, 2.45) is 7.05 Å². The van der Waals surface area contributed by atoms with Crippen molar-refractivity contribution in [2.45, 2.75) is 13.8 Å². The van der Waals surface area contributed by atoms with E-state index in [1.54, 1.807) is 29.3 Å². The van der Waals surface area contributed by atoms with Gasteiger partial charge in [0.1, 0.15) is 5.69 Å². The molecule has 0 saturated carbocycles. The molecule has 0 atom stereocenters. The molecule has 2 N–H and O–H groups in total. The highest BCUT2D eigenvalue weighted by Crippen LogP contribution is 2.30. The Morgan fingerprint density at radius 3 is 2.40 bits per heavy atom. The first-order valence-corrected chi connectivity index (χ1v) is 6.21. The van der Waals surface area contributed by atoms with Gasteiger partial charge < -0.3 is 5.73 Å². The number of nitrogens with zero attached hydrogens (tertiary/aromatic N) is 6. The number of aromatic nitrogens is 6. The largest absolute Gasteiger partial charge is 0.396 e. The molecule has 0 aliphatic carbocycles. The predicted molar refractivity (Wildman–Crippen MR) is 75.2 cm³/mol. The lowest BCUT2D eigenvalue weighted by atomic mass is 10.1. The molecule has 102 valence electrons. The fourth-order valence-electron chi connectivity index (χ4n) is 2.21. The fraction of sp³-hybridized carbons (Fsp3) is 0.231. The number of hydrogen-bond donors (Lipinski definition) is 1. The normalized spacial score (nSPS) is 10.9. The smallest absolute Gasteiger partial charge is 0.250 e. The van der Waals surface area contributed by atoms with E-state index in [0.717, 1.165) is 17.0 Å². The van der Waals surface area contributed by atoms with Crippen LogP contribution in [0.4, 0.5) is 5.69 Å². The second kappa shape index (κ2) is 4.44. The lowest BCUT2D eigenvalue weighted by Crippen LogP contribution is -2.00. The Kier molecular flexibility index (Phi) is 2.74. The quantitative estimate of drug-likeness (QED) is 0.756. The van der Waals surface area contributed by atoms with Crippen LogP contribution in [0.15, 0.2) is 24.7 Å². The number of aryl methyl sites for hydroxylation is 2. The van der Waals surface area contributed by atoms with Crippen LogP contribution in [0.2, 0.25) is 0 Å². The molecule has 0 saturated heterocycles. The molecule has 3 aromatic rings. The van der Waals surface area contributed by atoms with Crippen molar-refractivity contribution >= 4 is 5.69 Å². The van der Waals surface area contributed by atoms with Crippen LogP contribution in [0.3, 0.4) is 0 Å². The highest BCUT2D eigenvalue weighted by molar-refractivity contribution is 5.75. The Morgan fingerprint density at radius 2 is 1.80 bits per heavy atom. The van der Waals surface area contributed by atoms with Gasteiger partial charge in [0, 0.05) is 30.7 Å². The summed E-state index contributed by atoms with van der Waals surface area (Å²) in [7, 11) is 1.90. The average molecular weight is 269 g/mol. The first-order valence-electron chi connectivity index (χ1n) is 6.21. The number of nitrogens with two attached hydrogens (primary N) is 1. The second-order valence-corrected chi connectivity index (χ2v) is 4.60. The van der Waals surface area contributed by atoms with Gasteiger partial charge in [-0.05, 0) is 19.9 Å². The summed E-state index contributed by atoms with van der Waals surface area (Å²) in [4.78, 5) is 8.32. The first kappa shape index (κ1) is 12.3. The molecule has 0 aliphatic rings. The van der Waals surface area contributed by atoms with Crippen LogP contribution >= 0.6 is 0 Å². The summed E-state index contributed by atoms with van der Waals surface area (Å²) in [6.07, 6.45) is 5.05. The lowest BCUT2D eigenvalue weighted by molar-refractivity contribution is 0.731. The molecule has 0 spiro atoms. The van der Waals surface area contributed by atoms with E-state index in [4.69, 9.17) is 5.73 Å². The molecule has 3 aromatic heterocycles. The lowest BCUT2D eigenvalue weighted by Gasteiger charge is -1.99. The van der Waals surface area contributed by atoms with E-state index in [0.29, 0.717) is 17.3 Å². The van der Waals surface area contributed by atoms with Crippen molar-refractivity contribution in [3.63, 3.8) is 0 Å². The Bertz CT molecular complexity index is 755. The molecule has 0 amide bonds. The molecule has 0 aromatic carbocycles. The van der Waals surface area contributed by atoms with E-state index in [2.05, 4.69) is 20.2 Å². The number of nitrogen functional groups attached to an aromatic ring is 1. The summed E-state index contributed by atoms with van der Waals surface area (Å²) in [6, 6.07) is 1.76. The molecule has 3 rings (SSSR count). The van der Waals surface area contributed by atoms with E-state index in [-0.39, 0.29) is 0 Å². The van der Waals surface area contributed by atoms with Gasteiger partial charge in [0.25, 0.3) is 5.95 Å². The van der Waals surface area contributed by atoms with Gasteiger partial charge in [-0.25, -0.2) is 14.6 Å². The number of anilines is 1. The average Bonchev–Trinajstić information content (AvgIpc) is 2.92. The van der Waals surface area contributed by atoms with Crippen molar-refractivity contribution in [1.29, 1.82) is 0 Å². The highest BCUT2D eigenvalue weighted by Gasteiger charge is 2.18. The van der Waals surface area contributed by atoms with E-state index < -0.39 is 0 Å². The van der Waals surface area contributed by atoms with Crippen molar-refractivity contribution in [3.8, 4) is 17.2 Å². The summed E-state index contributed by atoms with van der Waals surface area (Å²) in [5.41, 5.74) is 10.2. The molecule has 0 aliphatic heterocycles. The predicted octanol–water partition coefficient (Wildman–Crippen LogP) is 1.26. The van der Waals surface area contributed by atoms with Crippen LogP contribution in [0.25, 0.3) is 17.2 Å². The monoisotopic (exact) mass is 269 g/mol. The molecule has 7 heteroatoms. The zero-order valence-corrected chi connectivity index (χ0v) is 11.6. The van der Waals surface area contributed by atoms with Crippen LogP contribution in [0, 0.1) is 13.8 Å². The van der Waals surface area contributed by atoms with Gasteiger partial charge in [0.05, 0.1) is 17.6 Å². The Morgan fingerprint density at radius 1 is 1.10 bits per heavy atom. The van der Waals surface area contributed by atoms with Crippen LogP contribution in [-0.2, 0) is 7.05 Å². The minimum Gasteiger partial charge on any atom is -0.396 e. The van der Waals surface area contributed by atoms with Crippen LogP contribution < -0.4 is 5.73 Å². The second-order valence-electron chi connectivity index (χ2n) is 4.60. The summed E-state index contributed by atoms with van der Waals surface area (Å²) >= 11 is 0. The van der Waals surface area contributed by atoms with Crippen LogP contribution in [0.5, 0.6) is 0 Å². The molecule has 0 radical (unpaired) electrons. The maximum atomic E-state index is 6.08. The third-order valence-corrected chi connectivity index (χ3v) is 3.25. The van der Waals surface area contributed by atoms with Gasteiger partial charge >= 0.3 is 0 Å². The summed E-state index contributed by atoms with van der Waals surface area (Å²) in [6.45, 7) is 3.94. The molecule has 7 nitrogen and oxygen atoms in total. The van der Waals surface area contributed by atoms with Gasteiger partial charge in [0.15, 0.2) is 0 Å². The highest BCUT2D eigenvalue weighted by atomic mass is 15.4. The van der Waals surface area contributed by atoms with Crippen molar-refractivity contribution < 1.29 is 0 Å². The summed E-state index contributed by atoms with van der Waals surface area (Å²) in [5.74, 6) is 0.490. The third kappa shape index (κ3) is 1.83. The van der Waals surface area contributed by atoms with Crippen LogP contribution in [0.1, 0.15) is 11.4 Å². The molecule has 0 unspecified atom stereocenters. The Balaban J connectivity index is 2.15. The molecular weight excluding hydrogens is 254 g/mol. The fourth-order valence-corrected chi connectivity index (χ4v) is 2.21. The maximum Gasteiger partial charge on any atom is 0.250 e. The zero-order chi connectivity index (χ0) is 14.3. The topological polar surface area (TPSA) is 87.4 Å². The van der Waals surface area contributed by atoms with Gasteiger partial charge in [-0.2, -0.15) is 10.2 Å². The SMILES string of the molecule is Cc1nn(C)c(C)c1-c1nn(-c2ncccn2)cc1N. The summed E-state index contributed by atoms with van der Waals surface area (Å²) < 4.78 is 3.40. The van der Waals surface area contributed by atoms with E-state index >= 15 is 0 Å². The summed E-state index contributed by atoms with van der Waals surface area (Å²) in [5, 5.41) is 8.89. The van der Waals surface area contributed by atoms with Gasteiger partial charge in [-0.15, -0.1) is 0 Å². The first-order chi connectivity index (χ1) is 9.58. The van der Waals surface area contributed by atoms with E-state index in [1.165, 1.54) is 0 Å². The Labute approximate surface area is 116 Å². The van der Waals surface area contributed by atoms with Crippen molar-refractivity contribution in [1.82, 2.24) is 29.5 Å². The Hall–Kier alpha value is -2.70. The van der Waals surface area contributed by atoms with Gasteiger partial charge in [0.2, 0.25) is 0 Å². The minimum absolute atomic E-state index is 0.490. The number of rotatable bonds is 2. The number of hydrogen-bond acceptors (Lipinski definition) is 5. The molecular formula is C13H15N7. The van der Waals surface area contributed by atoms with Gasteiger partial charge in [-0.3, -0.25) is 4.68 Å². The van der Waals surface area contributed by atoms with Crippen molar-refractivity contribution in [3.05, 3.63) is 36.0 Å². The molecule has 0 bridgehead atoms. The molecule has 0 fully saturated rings.